The summed E-state index contributed by atoms with van der Waals surface area (Å²) in [6.45, 7) is 0. The molecule has 134 valence electrons. The van der Waals surface area contributed by atoms with E-state index in [2.05, 4.69) is 4.18 Å². The summed E-state index contributed by atoms with van der Waals surface area (Å²) in [5.41, 5.74) is -3.99. The van der Waals surface area contributed by atoms with Gasteiger partial charge in [0.05, 0.1) is 0 Å². The molecular weight excluding hydrogens is 369 g/mol. The van der Waals surface area contributed by atoms with Crippen molar-refractivity contribution in [1.29, 1.82) is 0 Å². The third-order valence-corrected chi connectivity index (χ3v) is 4.71. The average molecular weight is 380 g/mol. The van der Waals surface area contributed by atoms with E-state index in [0.29, 0.717) is 28.4 Å². The number of fused-ring (bicyclic) bond motifs is 1. The smallest absolute Gasteiger partial charge is 0.375 e. The van der Waals surface area contributed by atoms with Crippen LogP contribution in [0.1, 0.15) is 10.4 Å². The van der Waals surface area contributed by atoms with Gasteiger partial charge < -0.3 is 4.18 Å². The molecule has 0 aliphatic rings. The summed E-state index contributed by atoms with van der Waals surface area (Å²) >= 11 is 0. The largest absolute Gasteiger partial charge is 0.534 e. The molecule has 0 N–H and O–H groups in total. The second-order valence-corrected chi connectivity index (χ2v) is 6.88. The minimum absolute atomic E-state index is 0.179. The zero-order chi connectivity index (χ0) is 18.9. The zero-order valence-electron chi connectivity index (χ0n) is 13.0. The van der Waals surface area contributed by atoms with Gasteiger partial charge >= 0.3 is 15.6 Å². The number of aldehydes is 1. The van der Waals surface area contributed by atoms with Crippen LogP contribution in [0.2, 0.25) is 0 Å². The number of carbonyl (C=O) groups is 1. The molecule has 0 saturated carbocycles. The minimum atomic E-state index is -5.79. The van der Waals surface area contributed by atoms with Crippen LogP contribution in [-0.4, -0.2) is 20.2 Å². The molecule has 3 aromatic carbocycles. The summed E-state index contributed by atoms with van der Waals surface area (Å²) in [6, 6.07) is 15.5. The third kappa shape index (κ3) is 3.15. The summed E-state index contributed by atoms with van der Waals surface area (Å²) in [7, 11) is -5.79. The second kappa shape index (κ2) is 6.45. The zero-order valence-corrected chi connectivity index (χ0v) is 13.8. The molecule has 26 heavy (non-hydrogen) atoms. The number of hydrogen-bond acceptors (Lipinski definition) is 4. The standard InChI is InChI=1S/C18H11F3O4S/c19-18(20,21)26(23,24)25-17-10-4-8-15-14(7-3-9-16(15)17)13-6-2-1-5-12(13)11-22/h1-11H. The molecule has 0 aliphatic carbocycles. The molecular formula is C18H11F3O4S. The van der Waals surface area contributed by atoms with Crippen molar-refractivity contribution in [2.45, 2.75) is 5.51 Å². The summed E-state index contributed by atoms with van der Waals surface area (Å²) in [4.78, 5) is 11.3. The minimum Gasteiger partial charge on any atom is -0.375 e. The molecule has 0 spiro atoms. The van der Waals surface area contributed by atoms with E-state index in [4.69, 9.17) is 0 Å². The lowest BCUT2D eigenvalue weighted by molar-refractivity contribution is -0.0499. The van der Waals surface area contributed by atoms with Gasteiger partial charge in [0.15, 0.2) is 12.0 Å². The van der Waals surface area contributed by atoms with E-state index in [9.17, 15) is 26.4 Å². The fourth-order valence-corrected chi connectivity index (χ4v) is 3.08. The van der Waals surface area contributed by atoms with Gasteiger partial charge in [-0.15, -0.1) is 0 Å². The predicted octanol–water partition coefficient (Wildman–Crippen LogP) is 4.55. The van der Waals surface area contributed by atoms with Crippen LogP contribution in [0.25, 0.3) is 21.9 Å². The van der Waals surface area contributed by atoms with E-state index < -0.39 is 21.4 Å². The maximum Gasteiger partial charge on any atom is 0.534 e. The van der Waals surface area contributed by atoms with Crippen molar-refractivity contribution in [3.05, 3.63) is 66.2 Å². The van der Waals surface area contributed by atoms with Crippen molar-refractivity contribution in [1.82, 2.24) is 0 Å². The fourth-order valence-electron chi connectivity index (χ4n) is 2.60. The monoisotopic (exact) mass is 380 g/mol. The van der Waals surface area contributed by atoms with E-state index in [1.807, 2.05) is 0 Å². The van der Waals surface area contributed by atoms with Gasteiger partial charge in [0.25, 0.3) is 0 Å². The molecule has 0 saturated heterocycles. The fraction of sp³-hybridized carbons (Fsp3) is 0.0556. The molecule has 0 radical (unpaired) electrons. The Morgan fingerprint density at radius 1 is 0.808 bits per heavy atom. The maximum atomic E-state index is 12.6. The second-order valence-electron chi connectivity index (χ2n) is 5.35. The Morgan fingerprint density at radius 3 is 2.12 bits per heavy atom. The summed E-state index contributed by atoms with van der Waals surface area (Å²) in [6.07, 6.45) is 0.669. The van der Waals surface area contributed by atoms with E-state index in [0.717, 1.165) is 6.07 Å². The number of benzene rings is 3. The highest BCUT2D eigenvalue weighted by Crippen LogP contribution is 2.36. The normalized spacial score (nSPS) is 12.1. The van der Waals surface area contributed by atoms with Gasteiger partial charge in [0, 0.05) is 10.9 Å². The number of hydrogen-bond donors (Lipinski definition) is 0. The SMILES string of the molecule is O=Cc1ccccc1-c1cccc2c(OS(=O)(=O)C(F)(F)F)cccc12. The van der Waals surface area contributed by atoms with E-state index in [1.165, 1.54) is 12.1 Å². The van der Waals surface area contributed by atoms with Crippen molar-refractivity contribution < 1.29 is 30.6 Å². The molecule has 4 nitrogen and oxygen atoms in total. The maximum absolute atomic E-state index is 12.6. The topological polar surface area (TPSA) is 60.4 Å². The highest BCUT2D eigenvalue weighted by molar-refractivity contribution is 7.88. The van der Waals surface area contributed by atoms with Gasteiger partial charge in [0.1, 0.15) is 0 Å². The lowest BCUT2D eigenvalue weighted by Crippen LogP contribution is -2.28. The molecule has 0 unspecified atom stereocenters. The first-order chi connectivity index (χ1) is 12.2. The Balaban J connectivity index is 2.21. The van der Waals surface area contributed by atoms with Crippen LogP contribution < -0.4 is 4.18 Å². The lowest BCUT2D eigenvalue weighted by atomic mass is 9.95. The summed E-state index contributed by atoms with van der Waals surface area (Å²) in [5.74, 6) is -0.440. The van der Waals surface area contributed by atoms with Gasteiger partial charge in [-0.25, -0.2) is 0 Å². The van der Waals surface area contributed by atoms with Gasteiger partial charge in [-0.05, 0) is 22.6 Å². The molecule has 0 aliphatic heterocycles. The molecule has 0 amide bonds. The van der Waals surface area contributed by atoms with Crippen molar-refractivity contribution in [2.75, 3.05) is 0 Å². The molecule has 0 fully saturated rings. The molecule has 0 bridgehead atoms. The van der Waals surface area contributed by atoms with Crippen LogP contribution >= 0.6 is 0 Å². The molecule has 3 rings (SSSR count). The van der Waals surface area contributed by atoms with E-state index in [-0.39, 0.29) is 5.39 Å². The number of halogens is 3. The molecule has 0 atom stereocenters. The Labute approximate surface area is 147 Å². The van der Waals surface area contributed by atoms with Crippen molar-refractivity contribution >= 4 is 27.2 Å². The molecule has 0 aromatic heterocycles. The average Bonchev–Trinajstić information content (AvgIpc) is 2.60. The molecule has 0 heterocycles. The van der Waals surface area contributed by atoms with Crippen molar-refractivity contribution in [3.63, 3.8) is 0 Å². The van der Waals surface area contributed by atoms with E-state index >= 15 is 0 Å². The Bertz CT molecular complexity index is 1090. The summed E-state index contributed by atoms with van der Waals surface area (Å²) in [5, 5.41) is 0.634. The van der Waals surface area contributed by atoms with Crippen LogP contribution in [0, 0.1) is 0 Å². The van der Waals surface area contributed by atoms with Gasteiger partial charge in [-0.1, -0.05) is 54.6 Å². The van der Waals surface area contributed by atoms with Crippen molar-refractivity contribution in [3.8, 4) is 16.9 Å². The third-order valence-electron chi connectivity index (χ3n) is 3.74. The molecule has 3 aromatic rings. The van der Waals surface area contributed by atoms with Gasteiger partial charge in [0.2, 0.25) is 0 Å². The first kappa shape index (κ1) is 17.9. The number of alkyl halides is 3. The van der Waals surface area contributed by atoms with Gasteiger partial charge in [-0.3, -0.25) is 4.79 Å². The van der Waals surface area contributed by atoms with Crippen LogP contribution in [0.3, 0.4) is 0 Å². The van der Waals surface area contributed by atoms with Crippen LogP contribution in [0.5, 0.6) is 5.75 Å². The van der Waals surface area contributed by atoms with E-state index in [1.54, 1.807) is 42.5 Å². The first-order valence-corrected chi connectivity index (χ1v) is 8.72. The predicted molar refractivity (Wildman–Crippen MR) is 90.4 cm³/mol. The Hall–Kier alpha value is -2.87. The Morgan fingerprint density at radius 2 is 1.42 bits per heavy atom. The highest BCUT2D eigenvalue weighted by atomic mass is 32.2. The Kier molecular flexibility index (Phi) is 4.45. The van der Waals surface area contributed by atoms with Crippen LogP contribution in [0.15, 0.2) is 60.7 Å². The van der Waals surface area contributed by atoms with Gasteiger partial charge in [-0.2, -0.15) is 21.6 Å². The first-order valence-electron chi connectivity index (χ1n) is 7.31. The highest BCUT2D eigenvalue weighted by Gasteiger charge is 2.48. The number of carbonyl (C=O) groups excluding carboxylic acids is 1. The van der Waals surface area contributed by atoms with Crippen LogP contribution in [-0.2, 0) is 10.1 Å². The van der Waals surface area contributed by atoms with Crippen molar-refractivity contribution in [2.24, 2.45) is 0 Å². The lowest BCUT2D eigenvalue weighted by Gasteiger charge is -2.14. The quantitative estimate of drug-likeness (QED) is 0.379. The number of rotatable bonds is 4. The summed E-state index contributed by atoms with van der Waals surface area (Å²) < 4.78 is 64.8. The van der Waals surface area contributed by atoms with Crippen LogP contribution in [0.4, 0.5) is 13.2 Å². The molecule has 8 heteroatoms.